The fourth-order valence-corrected chi connectivity index (χ4v) is 3.47. The smallest absolute Gasteiger partial charge is 0.255 e. The van der Waals surface area contributed by atoms with E-state index in [4.69, 9.17) is 14.2 Å². The molecule has 0 unspecified atom stereocenters. The molecule has 31 heavy (non-hydrogen) atoms. The van der Waals surface area contributed by atoms with Gasteiger partial charge in [0.2, 0.25) is 5.75 Å². The number of nitrogens with one attached hydrogen (secondary N) is 1. The van der Waals surface area contributed by atoms with E-state index in [1.54, 1.807) is 12.1 Å². The predicted molar refractivity (Wildman–Crippen MR) is 121 cm³/mol. The highest BCUT2D eigenvalue weighted by Gasteiger charge is 2.18. The van der Waals surface area contributed by atoms with E-state index < -0.39 is 0 Å². The van der Waals surface area contributed by atoms with E-state index in [9.17, 15) is 4.79 Å². The predicted octanol–water partition coefficient (Wildman–Crippen LogP) is 5.18. The summed E-state index contributed by atoms with van der Waals surface area (Å²) in [7, 11) is 4.55. The molecule has 0 fully saturated rings. The van der Waals surface area contributed by atoms with Crippen LogP contribution in [-0.2, 0) is 0 Å². The summed E-state index contributed by atoms with van der Waals surface area (Å²) in [5, 5.41) is 4.03. The third-order valence-electron chi connectivity index (χ3n) is 5.00. The van der Waals surface area contributed by atoms with Crippen LogP contribution in [0.25, 0.3) is 22.0 Å². The molecule has 0 aliphatic heterocycles. The summed E-state index contributed by atoms with van der Waals surface area (Å²) in [5.74, 6) is 0.975. The molecule has 156 valence electrons. The number of methoxy groups -OCH3 is 3. The molecule has 0 saturated heterocycles. The van der Waals surface area contributed by atoms with E-state index in [1.165, 1.54) is 21.3 Å². The Morgan fingerprint density at radius 3 is 2.23 bits per heavy atom. The van der Waals surface area contributed by atoms with Crippen LogP contribution in [0.4, 0.5) is 5.69 Å². The fraction of sp³-hybridized carbons (Fsp3) is 0.120. The molecule has 0 aliphatic rings. The Labute approximate surface area is 180 Å². The molecule has 4 rings (SSSR count). The average molecular weight is 414 g/mol. The standard InChI is InChI=1S/C25H22N2O4/c1-29-22-13-17(14-23(30-2)24(22)31-3)25(28)27-21-11-7-5-9-19(21)18-12-16-8-4-6-10-20(16)26-15-18/h4-15H,1-3H3,(H,27,28). The quantitative estimate of drug-likeness (QED) is 0.471. The lowest BCUT2D eigenvalue weighted by Crippen LogP contribution is -2.13. The van der Waals surface area contributed by atoms with Crippen LogP contribution < -0.4 is 19.5 Å². The first-order valence-electron chi connectivity index (χ1n) is 9.70. The van der Waals surface area contributed by atoms with Crippen LogP contribution in [0.15, 0.2) is 72.9 Å². The van der Waals surface area contributed by atoms with Crippen LogP contribution in [0, 0.1) is 0 Å². The summed E-state index contributed by atoms with van der Waals surface area (Å²) in [4.78, 5) is 17.6. The summed E-state index contributed by atoms with van der Waals surface area (Å²) in [5.41, 5.74) is 3.78. The van der Waals surface area contributed by atoms with Gasteiger partial charge in [0.05, 0.1) is 26.8 Å². The van der Waals surface area contributed by atoms with Crippen LogP contribution >= 0.6 is 0 Å². The second-order valence-corrected chi connectivity index (χ2v) is 6.83. The second kappa shape index (κ2) is 8.75. The first-order chi connectivity index (χ1) is 15.1. The van der Waals surface area contributed by atoms with Crippen molar-refractivity contribution in [2.24, 2.45) is 0 Å². The van der Waals surface area contributed by atoms with E-state index in [2.05, 4.69) is 16.4 Å². The van der Waals surface area contributed by atoms with Gasteiger partial charge in [-0.25, -0.2) is 0 Å². The molecule has 0 aliphatic carbocycles. The number of aromatic nitrogens is 1. The molecule has 0 bridgehead atoms. The number of hydrogen-bond acceptors (Lipinski definition) is 5. The normalized spacial score (nSPS) is 10.5. The zero-order valence-corrected chi connectivity index (χ0v) is 17.5. The summed E-state index contributed by atoms with van der Waals surface area (Å²) < 4.78 is 16.1. The number of rotatable bonds is 6. The van der Waals surface area contributed by atoms with Crippen molar-refractivity contribution in [1.29, 1.82) is 0 Å². The SMILES string of the molecule is COc1cc(C(=O)Nc2ccccc2-c2cnc3ccccc3c2)cc(OC)c1OC. The number of benzene rings is 3. The summed E-state index contributed by atoms with van der Waals surface area (Å²) in [6, 6.07) is 20.9. The maximum atomic E-state index is 13.1. The molecule has 0 radical (unpaired) electrons. The van der Waals surface area contributed by atoms with Gasteiger partial charge in [-0.1, -0.05) is 36.4 Å². The maximum Gasteiger partial charge on any atom is 0.255 e. The molecule has 0 atom stereocenters. The van der Waals surface area contributed by atoms with Gasteiger partial charge in [-0.2, -0.15) is 0 Å². The minimum absolute atomic E-state index is 0.291. The number of amides is 1. The van der Waals surface area contributed by atoms with Gasteiger partial charge >= 0.3 is 0 Å². The number of nitrogens with zero attached hydrogens (tertiary/aromatic N) is 1. The maximum absolute atomic E-state index is 13.1. The van der Waals surface area contributed by atoms with Crippen LogP contribution in [0.1, 0.15) is 10.4 Å². The molecule has 4 aromatic rings. The van der Waals surface area contributed by atoms with Crippen molar-refractivity contribution < 1.29 is 19.0 Å². The lowest BCUT2D eigenvalue weighted by Gasteiger charge is -2.15. The fourth-order valence-electron chi connectivity index (χ4n) is 3.47. The van der Waals surface area contributed by atoms with Crippen molar-refractivity contribution in [3.8, 4) is 28.4 Å². The highest BCUT2D eigenvalue weighted by Crippen LogP contribution is 2.38. The van der Waals surface area contributed by atoms with Gasteiger partial charge in [0.15, 0.2) is 11.5 Å². The highest BCUT2D eigenvalue weighted by molar-refractivity contribution is 6.07. The third-order valence-corrected chi connectivity index (χ3v) is 5.00. The van der Waals surface area contributed by atoms with Crippen molar-refractivity contribution in [1.82, 2.24) is 4.98 Å². The number of carbonyl (C=O) groups is 1. The van der Waals surface area contributed by atoms with Gasteiger partial charge in [0.25, 0.3) is 5.91 Å². The highest BCUT2D eigenvalue weighted by atomic mass is 16.5. The summed E-state index contributed by atoms with van der Waals surface area (Å²) in [6.45, 7) is 0. The van der Waals surface area contributed by atoms with E-state index in [0.29, 0.717) is 28.5 Å². The molecule has 1 aromatic heterocycles. The Hall–Kier alpha value is -4.06. The van der Waals surface area contributed by atoms with Crippen LogP contribution in [-0.4, -0.2) is 32.2 Å². The number of hydrogen-bond donors (Lipinski definition) is 1. The van der Waals surface area contributed by atoms with Crippen molar-refractivity contribution in [3.05, 3.63) is 78.5 Å². The first kappa shape index (κ1) is 20.2. The second-order valence-electron chi connectivity index (χ2n) is 6.83. The van der Waals surface area contributed by atoms with Crippen LogP contribution in [0.3, 0.4) is 0 Å². The molecule has 1 heterocycles. The minimum Gasteiger partial charge on any atom is -0.493 e. The molecule has 1 N–H and O–H groups in total. The molecule has 3 aromatic carbocycles. The Balaban J connectivity index is 1.70. The van der Waals surface area contributed by atoms with Crippen molar-refractivity contribution in [3.63, 3.8) is 0 Å². The van der Waals surface area contributed by atoms with Crippen LogP contribution in [0.5, 0.6) is 17.2 Å². The molecule has 6 heteroatoms. The van der Waals surface area contributed by atoms with E-state index >= 15 is 0 Å². The summed E-state index contributed by atoms with van der Waals surface area (Å²) >= 11 is 0. The van der Waals surface area contributed by atoms with Gasteiger partial charge in [0.1, 0.15) is 0 Å². The van der Waals surface area contributed by atoms with Crippen molar-refractivity contribution in [2.45, 2.75) is 0 Å². The number of fused-ring (bicyclic) bond motifs is 1. The lowest BCUT2D eigenvalue weighted by molar-refractivity contribution is 0.102. The zero-order valence-electron chi connectivity index (χ0n) is 17.5. The molecule has 1 amide bonds. The Kier molecular flexibility index (Phi) is 5.71. The molecule has 0 spiro atoms. The topological polar surface area (TPSA) is 69.7 Å². The van der Waals surface area contributed by atoms with Crippen molar-refractivity contribution in [2.75, 3.05) is 26.6 Å². The molecule has 0 saturated carbocycles. The van der Waals surface area contributed by atoms with Gasteiger partial charge in [-0.3, -0.25) is 9.78 Å². The van der Waals surface area contributed by atoms with E-state index in [0.717, 1.165) is 22.0 Å². The van der Waals surface area contributed by atoms with Gasteiger partial charge in [-0.15, -0.1) is 0 Å². The zero-order chi connectivity index (χ0) is 21.8. The largest absolute Gasteiger partial charge is 0.493 e. The van der Waals surface area contributed by atoms with Gasteiger partial charge in [-0.05, 0) is 30.3 Å². The summed E-state index contributed by atoms with van der Waals surface area (Å²) in [6.07, 6.45) is 1.81. The van der Waals surface area contributed by atoms with E-state index in [1.807, 2.05) is 54.7 Å². The van der Waals surface area contributed by atoms with Gasteiger partial charge in [0, 0.05) is 34.0 Å². The average Bonchev–Trinajstić information content (AvgIpc) is 2.83. The third kappa shape index (κ3) is 4.00. The number of para-hydroxylation sites is 2. The first-order valence-corrected chi connectivity index (χ1v) is 9.70. The van der Waals surface area contributed by atoms with Gasteiger partial charge < -0.3 is 19.5 Å². The Bertz CT molecular complexity index is 1230. The Morgan fingerprint density at radius 1 is 0.839 bits per heavy atom. The molecule has 6 nitrogen and oxygen atoms in total. The number of pyridine rings is 1. The molecular formula is C25H22N2O4. The van der Waals surface area contributed by atoms with Crippen LogP contribution in [0.2, 0.25) is 0 Å². The number of anilines is 1. The Morgan fingerprint density at radius 2 is 1.52 bits per heavy atom. The molecular weight excluding hydrogens is 392 g/mol. The lowest BCUT2D eigenvalue weighted by atomic mass is 10.0. The van der Waals surface area contributed by atoms with Crippen molar-refractivity contribution >= 4 is 22.5 Å². The monoisotopic (exact) mass is 414 g/mol. The van der Waals surface area contributed by atoms with E-state index in [-0.39, 0.29) is 5.91 Å². The number of carbonyl (C=O) groups excluding carboxylic acids is 1. The number of ether oxygens (including phenoxy) is 3. The minimum atomic E-state index is -0.291.